The summed E-state index contributed by atoms with van der Waals surface area (Å²) < 4.78 is 2.31. The van der Waals surface area contributed by atoms with E-state index in [1.807, 2.05) is 60.5 Å². The third kappa shape index (κ3) is 3.99. The van der Waals surface area contributed by atoms with Crippen LogP contribution in [0.25, 0.3) is 10.2 Å². The van der Waals surface area contributed by atoms with E-state index in [2.05, 4.69) is 4.98 Å². The second-order valence-electron chi connectivity index (χ2n) is 5.76. The van der Waals surface area contributed by atoms with Gasteiger partial charge in [-0.1, -0.05) is 42.1 Å². The average Bonchev–Trinajstić information content (AvgIpc) is 3.14. The molecule has 5 nitrogen and oxygen atoms in total. The Kier molecular flexibility index (Phi) is 6.11. The number of hydrogen-bond acceptors (Lipinski definition) is 5. The van der Waals surface area contributed by atoms with Crippen molar-refractivity contribution in [3.8, 4) is 0 Å². The van der Waals surface area contributed by atoms with Gasteiger partial charge in [0.25, 0.3) is 5.56 Å². The molecule has 3 aromatic rings. The van der Waals surface area contributed by atoms with Gasteiger partial charge in [-0.3, -0.25) is 14.2 Å². The lowest BCUT2D eigenvalue weighted by Crippen LogP contribution is -2.32. The molecule has 0 spiro atoms. The Morgan fingerprint density at radius 1 is 1.23 bits per heavy atom. The first-order valence-corrected chi connectivity index (χ1v) is 10.4. The van der Waals surface area contributed by atoms with Gasteiger partial charge in [0.1, 0.15) is 4.70 Å². The number of carbonyl (C=O) groups is 1. The van der Waals surface area contributed by atoms with Gasteiger partial charge in [0.2, 0.25) is 5.91 Å². The Morgan fingerprint density at radius 3 is 2.69 bits per heavy atom. The molecule has 3 rings (SSSR count). The van der Waals surface area contributed by atoms with E-state index in [1.165, 1.54) is 23.1 Å². The van der Waals surface area contributed by atoms with E-state index in [9.17, 15) is 9.59 Å². The maximum Gasteiger partial charge on any atom is 0.272 e. The summed E-state index contributed by atoms with van der Waals surface area (Å²) in [5.41, 5.74) is 1.78. The van der Waals surface area contributed by atoms with Crippen LogP contribution >= 0.6 is 23.1 Å². The lowest BCUT2D eigenvalue weighted by Gasteiger charge is -2.21. The Balaban J connectivity index is 1.74. The van der Waals surface area contributed by atoms with Crippen molar-refractivity contribution >= 4 is 39.2 Å². The maximum atomic E-state index is 12.6. The van der Waals surface area contributed by atoms with Crippen LogP contribution in [-0.4, -0.2) is 32.7 Å². The van der Waals surface area contributed by atoms with Gasteiger partial charge in [-0.25, -0.2) is 4.98 Å². The number of carbonyl (C=O) groups excluding carboxylic acids is 1. The minimum Gasteiger partial charge on any atom is -0.338 e. The Labute approximate surface area is 160 Å². The van der Waals surface area contributed by atoms with Gasteiger partial charge in [-0.15, -0.1) is 11.3 Å². The van der Waals surface area contributed by atoms with Gasteiger partial charge in [-0.2, -0.15) is 0 Å². The van der Waals surface area contributed by atoms with Gasteiger partial charge in [-0.05, 0) is 30.9 Å². The smallest absolute Gasteiger partial charge is 0.272 e. The first-order chi connectivity index (χ1) is 12.6. The molecule has 0 aliphatic carbocycles. The van der Waals surface area contributed by atoms with Crippen LogP contribution in [0, 0.1) is 0 Å². The van der Waals surface area contributed by atoms with Crippen molar-refractivity contribution in [2.75, 3.05) is 12.3 Å². The van der Waals surface area contributed by atoms with Gasteiger partial charge >= 0.3 is 0 Å². The van der Waals surface area contributed by atoms with E-state index in [-0.39, 0.29) is 17.2 Å². The number of thiophene rings is 1. The molecule has 0 atom stereocenters. The molecule has 1 amide bonds. The molecule has 2 heterocycles. The zero-order valence-electron chi connectivity index (χ0n) is 14.8. The Hall–Kier alpha value is -2.12. The summed E-state index contributed by atoms with van der Waals surface area (Å²) in [5, 5.41) is 2.48. The first-order valence-electron chi connectivity index (χ1n) is 8.56. The van der Waals surface area contributed by atoms with Crippen molar-refractivity contribution in [1.29, 1.82) is 0 Å². The second kappa shape index (κ2) is 8.51. The molecule has 7 heteroatoms. The molecule has 0 unspecified atom stereocenters. The number of rotatable bonds is 7. The third-order valence-electron chi connectivity index (χ3n) is 4.12. The van der Waals surface area contributed by atoms with Crippen LogP contribution in [0.1, 0.15) is 19.4 Å². The molecule has 0 fully saturated rings. The number of benzene rings is 1. The molecule has 1 aromatic carbocycles. The highest BCUT2D eigenvalue weighted by Gasteiger charge is 2.16. The summed E-state index contributed by atoms with van der Waals surface area (Å²) in [6, 6.07) is 11.8. The van der Waals surface area contributed by atoms with E-state index in [1.54, 1.807) is 4.57 Å². The summed E-state index contributed by atoms with van der Waals surface area (Å²) in [4.78, 5) is 31.6. The van der Waals surface area contributed by atoms with Crippen molar-refractivity contribution in [3.05, 3.63) is 57.7 Å². The Morgan fingerprint density at radius 2 is 2.00 bits per heavy atom. The standard InChI is InChI=1S/C19H21N3O2S2/c1-3-21(12-14-8-6-5-7-9-14)16(23)13-26-19-20-15-10-11-25-17(15)18(24)22(19)4-2/h5-11H,3-4,12-13H2,1-2H3. The van der Waals surface area contributed by atoms with Crippen molar-refractivity contribution in [1.82, 2.24) is 14.5 Å². The number of aromatic nitrogens is 2. The summed E-state index contributed by atoms with van der Waals surface area (Å²) in [5.74, 6) is 0.312. The first kappa shape index (κ1) is 18.7. The van der Waals surface area contributed by atoms with Crippen LogP contribution < -0.4 is 5.56 Å². The monoisotopic (exact) mass is 387 g/mol. The molecule has 26 heavy (non-hydrogen) atoms. The predicted octanol–water partition coefficient (Wildman–Crippen LogP) is 3.62. The second-order valence-corrected chi connectivity index (χ2v) is 7.62. The average molecular weight is 388 g/mol. The van der Waals surface area contributed by atoms with Gasteiger partial charge in [0.15, 0.2) is 5.16 Å². The van der Waals surface area contributed by atoms with E-state index in [0.29, 0.717) is 35.0 Å². The number of amides is 1. The molecule has 0 radical (unpaired) electrons. The highest BCUT2D eigenvalue weighted by atomic mass is 32.2. The summed E-state index contributed by atoms with van der Waals surface area (Å²) in [6.45, 7) is 5.67. The number of fused-ring (bicyclic) bond motifs is 1. The normalized spacial score (nSPS) is 11.0. The quantitative estimate of drug-likeness (QED) is 0.459. The van der Waals surface area contributed by atoms with Crippen molar-refractivity contribution in [2.45, 2.75) is 32.1 Å². The van der Waals surface area contributed by atoms with Crippen LogP contribution in [0.15, 0.2) is 51.7 Å². The number of thioether (sulfide) groups is 1. The van der Waals surface area contributed by atoms with Gasteiger partial charge in [0.05, 0.1) is 11.3 Å². The van der Waals surface area contributed by atoms with Crippen LogP contribution in [0.4, 0.5) is 0 Å². The molecule has 0 aliphatic rings. The molecule has 0 saturated carbocycles. The maximum absolute atomic E-state index is 12.6. The van der Waals surface area contributed by atoms with Crippen LogP contribution in [-0.2, 0) is 17.9 Å². The minimum atomic E-state index is -0.0286. The van der Waals surface area contributed by atoms with Gasteiger partial charge < -0.3 is 4.90 Å². The SMILES string of the molecule is CCN(Cc1ccccc1)C(=O)CSc1nc2ccsc2c(=O)n1CC. The van der Waals surface area contributed by atoms with Gasteiger partial charge in [0, 0.05) is 19.6 Å². The zero-order chi connectivity index (χ0) is 18.5. The zero-order valence-corrected chi connectivity index (χ0v) is 16.5. The molecule has 0 aliphatic heterocycles. The molecular formula is C19H21N3O2S2. The lowest BCUT2D eigenvalue weighted by atomic mass is 10.2. The topological polar surface area (TPSA) is 55.2 Å². The van der Waals surface area contributed by atoms with E-state index >= 15 is 0 Å². The van der Waals surface area contributed by atoms with Crippen LogP contribution in [0.5, 0.6) is 0 Å². The predicted molar refractivity (Wildman–Crippen MR) is 108 cm³/mol. The highest BCUT2D eigenvalue weighted by Crippen LogP contribution is 2.21. The minimum absolute atomic E-state index is 0.0286. The summed E-state index contributed by atoms with van der Waals surface area (Å²) in [6.07, 6.45) is 0. The van der Waals surface area contributed by atoms with Crippen molar-refractivity contribution in [3.63, 3.8) is 0 Å². The van der Waals surface area contributed by atoms with E-state index in [4.69, 9.17) is 0 Å². The molecular weight excluding hydrogens is 366 g/mol. The Bertz CT molecular complexity index is 950. The highest BCUT2D eigenvalue weighted by molar-refractivity contribution is 7.99. The fourth-order valence-corrected chi connectivity index (χ4v) is 4.45. The fourth-order valence-electron chi connectivity index (χ4n) is 2.71. The molecule has 2 aromatic heterocycles. The lowest BCUT2D eigenvalue weighted by molar-refractivity contribution is -0.128. The molecule has 0 saturated heterocycles. The number of hydrogen-bond donors (Lipinski definition) is 0. The number of nitrogens with zero attached hydrogens (tertiary/aromatic N) is 3. The third-order valence-corrected chi connectivity index (χ3v) is 5.98. The van der Waals surface area contributed by atoms with E-state index in [0.717, 1.165) is 5.56 Å². The van der Waals surface area contributed by atoms with Crippen LogP contribution in [0.2, 0.25) is 0 Å². The molecule has 0 bridgehead atoms. The van der Waals surface area contributed by atoms with Crippen molar-refractivity contribution in [2.24, 2.45) is 0 Å². The summed E-state index contributed by atoms with van der Waals surface area (Å²) >= 11 is 2.74. The molecule has 136 valence electrons. The van der Waals surface area contributed by atoms with Crippen LogP contribution in [0.3, 0.4) is 0 Å². The van der Waals surface area contributed by atoms with Crippen molar-refractivity contribution < 1.29 is 4.79 Å². The van der Waals surface area contributed by atoms with E-state index < -0.39 is 0 Å². The fraction of sp³-hybridized carbons (Fsp3) is 0.316. The summed E-state index contributed by atoms with van der Waals surface area (Å²) in [7, 11) is 0. The molecule has 0 N–H and O–H groups in total. The largest absolute Gasteiger partial charge is 0.338 e.